The molecule has 1 spiro atoms. The number of hydrogen-bond donors (Lipinski definition) is 1. The summed E-state index contributed by atoms with van der Waals surface area (Å²) < 4.78 is 5.41. The van der Waals surface area contributed by atoms with Gasteiger partial charge in [-0.15, -0.1) is 11.3 Å². The Morgan fingerprint density at radius 3 is 2.71 bits per heavy atom. The molecule has 164 valence electrons. The quantitative estimate of drug-likeness (QED) is 0.714. The number of likely N-dealkylation sites (N-methyl/N-ethyl adjacent to an activating group) is 1. The summed E-state index contributed by atoms with van der Waals surface area (Å²) in [5, 5.41) is 4.96. The van der Waals surface area contributed by atoms with Crippen molar-refractivity contribution in [3.63, 3.8) is 0 Å². The molecule has 1 aliphatic heterocycles. The van der Waals surface area contributed by atoms with Crippen LogP contribution in [0.3, 0.4) is 0 Å². The third-order valence-corrected chi connectivity index (χ3v) is 6.92. The molecule has 1 aliphatic carbocycles. The molecular weight excluding hydrogens is 416 g/mol. The first-order valence-electron chi connectivity index (χ1n) is 10.4. The SMILES string of the molecule is COc1ccc(C)cc1-c1csc(NC(=O)CN2C(=O)N(C)C3(CCCCC3)C2=O)n1. The van der Waals surface area contributed by atoms with Crippen molar-refractivity contribution >= 4 is 34.3 Å². The van der Waals surface area contributed by atoms with Crippen molar-refractivity contribution in [1.29, 1.82) is 0 Å². The van der Waals surface area contributed by atoms with Crippen LogP contribution in [0.1, 0.15) is 37.7 Å². The minimum atomic E-state index is -0.786. The van der Waals surface area contributed by atoms with Gasteiger partial charge in [0.05, 0.1) is 12.8 Å². The average Bonchev–Trinajstić information content (AvgIpc) is 3.29. The van der Waals surface area contributed by atoms with Gasteiger partial charge in [-0.3, -0.25) is 14.5 Å². The number of anilines is 1. The van der Waals surface area contributed by atoms with Gasteiger partial charge in [-0.2, -0.15) is 0 Å². The minimum absolute atomic E-state index is 0.265. The van der Waals surface area contributed by atoms with Gasteiger partial charge in [0, 0.05) is 18.0 Å². The Hall–Kier alpha value is -2.94. The Bertz CT molecular complexity index is 1030. The van der Waals surface area contributed by atoms with E-state index in [1.807, 2.05) is 30.5 Å². The molecule has 0 radical (unpaired) electrons. The number of nitrogens with one attached hydrogen (secondary N) is 1. The van der Waals surface area contributed by atoms with E-state index in [0.717, 1.165) is 35.3 Å². The zero-order valence-electron chi connectivity index (χ0n) is 17.9. The van der Waals surface area contributed by atoms with Gasteiger partial charge in [0.2, 0.25) is 5.91 Å². The number of imide groups is 1. The normalized spacial score (nSPS) is 18.0. The number of aromatic nitrogens is 1. The monoisotopic (exact) mass is 442 g/mol. The van der Waals surface area contributed by atoms with Gasteiger partial charge in [-0.25, -0.2) is 9.78 Å². The highest BCUT2D eigenvalue weighted by Crippen LogP contribution is 2.39. The Labute approximate surface area is 185 Å². The van der Waals surface area contributed by atoms with Crippen molar-refractivity contribution in [2.45, 2.75) is 44.6 Å². The van der Waals surface area contributed by atoms with E-state index < -0.39 is 17.5 Å². The molecule has 2 aromatic rings. The molecule has 0 atom stereocenters. The maximum atomic E-state index is 13.0. The molecule has 4 amide bonds. The Morgan fingerprint density at radius 1 is 1.26 bits per heavy atom. The van der Waals surface area contributed by atoms with Crippen molar-refractivity contribution in [1.82, 2.24) is 14.8 Å². The molecule has 1 saturated heterocycles. The van der Waals surface area contributed by atoms with Crippen LogP contribution in [0, 0.1) is 6.92 Å². The summed E-state index contributed by atoms with van der Waals surface area (Å²) in [5.74, 6) is -0.0119. The predicted octanol–water partition coefficient (Wildman–Crippen LogP) is 3.66. The van der Waals surface area contributed by atoms with Crippen LogP contribution in [0.2, 0.25) is 0 Å². The second-order valence-electron chi connectivity index (χ2n) is 8.11. The van der Waals surface area contributed by atoms with Gasteiger partial charge in [0.25, 0.3) is 5.91 Å². The molecule has 31 heavy (non-hydrogen) atoms. The van der Waals surface area contributed by atoms with Gasteiger partial charge in [-0.1, -0.05) is 30.9 Å². The number of carbonyl (C=O) groups excluding carboxylic acids is 3. The van der Waals surface area contributed by atoms with E-state index in [2.05, 4.69) is 10.3 Å². The zero-order valence-corrected chi connectivity index (χ0v) is 18.8. The number of nitrogens with zero attached hydrogens (tertiary/aromatic N) is 3. The number of aryl methyl sites for hydroxylation is 1. The standard InChI is InChI=1S/C22H26N4O4S/c1-14-7-8-17(30-3)15(11-14)16-13-31-20(23-16)24-18(27)12-26-19(28)22(25(2)21(26)29)9-5-4-6-10-22/h7-8,11,13H,4-6,9-10,12H2,1-3H3,(H,23,24,27). The van der Waals surface area contributed by atoms with Crippen molar-refractivity contribution in [3.05, 3.63) is 29.1 Å². The van der Waals surface area contributed by atoms with E-state index in [-0.39, 0.29) is 12.5 Å². The maximum Gasteiger partial charge on any atom is 0.327 e. The van der Waals surface area contributed by atoms with Crippen LogP contribution < -0.4 is 10.1 Å². The predicted molar refractivity (Wildman–Crippen MR) is 118 cm³/mol. The van der Waals surface area contributed by atoms with E-state index in [4.69, 9.17) is 4.74 Å². The van der Waals surface area contributed by atoms with Crippen LogP contribution >= 0.6 is 11.3 Å². The lowest BCUT2D eigenvalue weighted by Crippen LogP contribution is -2.49. The second kappa shape index (κ2) is 8.30. The molecule has 0 bridgehead atoms. The number of carbonyl (C=O) groups is 3. The van der Waals surface area contributed by atoms with Crippen LogP contribution in [-0.4, -0.2) is 58.9 Å². The summed E-state index contributed by atoms with van der Waals surface area (Å²) >= 11 is 1.28. The summed E-state index contributed by atoms with van der Waals surface area (Å²) in [6.45, 7) is 1.67. The summed E-state index contributed by atoms with van der Waals surface area (Å²) in [6.07, 6.45) is 4.19. The van der Waals surface area contributed by atoms with Gasteiger partial charge >= 0.3 is 6.03 Å². The molecule has 2 aliphatic rings. The molecule has 9 heteroatoms. The van der Waals surface area contributed by atoms with Gasteiger partial charge in [-0.05, 0) is 31.9 Å². The van der Waals surface area contributed by atoms with Gasteiger partial charge in [0.1, 0.15) is 17.8 Å². The maximum absolute atomic E-state index is 13.0. The zero-order chi connectivity index (χ0) is 22.2. The molecule has 8 nitrogen and oxygen atoms in total. The summed E-state index contributed by atoms with van der Waals surface area (Å²) in [5.41, 5.74) is 1.81. The van der Waals surface area contributed by atoms with Crippen molar-refractivity contribution < 1.29 is 19.1 Å². The highest BCUT2D eigenvalue weighted by atomic mass is 32.1. The Morgan fingerprint density at radius 2 is 2.00 bits per heavy atom. The third kappa shape index (κ3) is 3.78. The lowest BCUT2D eigenvalue weighted by Gasteiger charge is -2.35. The molecule has 1 aromatic carbocycles. The minimum Gasteiger partial charge on any atom is -0.496 e. The Kier molecular flexibility index (Phi) is 5.70. The van der Waals surface area contributed by atoms with Crippen LogP contribution in [0.5, 0.6) is 5.75 Å². The highest BCUT2D eigenvalue weighted by molar-refractivity contribution is 7.14. The number of urea groups is 1. The number of amides is 4. The third-order valence-electron chi connectivity index (χ3n) is 6.17. The topological polar surface area (TPSA) is 91.8 Å². The van der Waals surface area contributed by atoms with E-state index in [0.29, 0.717) is 29.4 Å². The highest BCUT2D eigenvalue weighted by Gasteiger charge is 2.55. The van der Waals surface area contributed by atoms with Crippen molar-refractivity contribution in [3.8, 4) is 17.0 Å². The number of thiazole rings is 1. The average molecular weight is 443 g/mol. The molecule has 2 heterocycles. The molecule has 1 N–H and O–H groups in total. The fraction of sp³-hybridized carbons (Fsp3) is 0.455. The van der Waals surface area contributed by atoms with Gasteiger partial charge in [0.15, 0.2) is 5.13 Å². The molecule has 1 saturated carbocycles. The van der Waals surface area contributed by atoms with Gasteiger partial charge < -0.3 is 15.0 Å². The van der Waals surface area contributed by atoms with Crippen molar-refractivity contribution in [2.75, 3.05) is 26.0 Å². The first-order valence-corrected chi connectivity index (χ1v) is 11.2. The van der Waals surface area contributed by atoms with Crippen LogP contribution in [-0.2, 0) is 9.59 Å². The summed E-state index contributed by atoms with van der Waals surface area (Å²) in [7, 11) is 3.26. The molecular formula is C22H26N4O4S. The summed E-state index contributed by atoms with van der Waals surface area (Å²) in [6, 6.07) is 5.40. The number of benzene rings is 1. The number of rotatable bonds is 5. The molecule has 2 fully saturated rings. The number of hydrogen-bond acceptors (Lipinski definition) is 6. The first-order chi connectivity index (χ1) is 14.9. The largest absolute Gasteiger partial charge is 0.496 e. The fourth-order valence-corrected chi connectivity index (χ4v) is 5.18. The fourth-order valence-electron chi connectivity index (χ4n) is 4.45. The molecule has 4 rings (SSSR count). The van der Waals surface area contributed by atoms with Crippen molar-refractivity contribution in [2.24, 2.45) is 0 Å². The second-order valence-corrected chi connectivity index (χ2v) is 8.97. The molecule has 1 aromatic heterocycles. The summed E-state index contributed by atoms with van der Waals surface area (Å²) in [4.78, 5) is 45.4. The van der Waals surface area contributed by atoms with E-state index >= 15 is 0 Å². The van der Waals surface area contributed by atoms with E-state index in [1.165, 1.54) is 16.2 Å². The van der Waals surface area contributed by atoms with Crippen LogP contribution in [0.25, 0.3) is 11.3 Å². The van der Waals surface area contributed by atoms with Crippen LogP contribution in [0.4, 0.5) is 9.93 Å². The van der Waals surface area contributed by atoms with Crippen LogP contribution in [0.15, 0.2) is 23.6 Å². The lowest BCUT2D eigenvalue weighted by atomic mass is 9.81. The number of ether oxygens (including phenoxy) is 1. The van der Waals surface area contributed by atoms with E-state index in [1.54, 1.807) is 14.2 Å². The van der Waals surface area contributed by atoms with E-state index in [9.17, 15) is 14.4 Å². The number of methoxy groups -OCH3 is 1. The molecule has 0 unspecified atom stereocenters. The Balaban J connectivity index is 1.46. The smallest absolute Gasteiger partial charge is 0.327 e. The first kappa shape index (κ1) is 21.3. The lowest BCUT2D eigenvalue weighted by molar-refractivity contribution is -0.136.